The van der Waals surface area contributed by atoms with Gasteiger partial charge in [0.1, 0.15) is 4.32 Å². The average molecular weight is 298 g/mol. The maximum Gasteiger partial charge on any atom is 0.266 e. The van der Waals surface area contributed by atoms with Crippen molar-refractivity contribution in [2.45, 2.75) is 13.8 Å². The van der Waals surface area contributed by atoms with E-state index in [4.69, 9.17) is 12.2 Å². The zero-order valence-corrected chi connectivity index (χ0v) is 12.7. The van der Waals surface area contributed by atoms with E-state index in [2.05, 4.69) is 11.8 Å². The van der Waals surface area contributed by atoms with Crippen molar-refractivity contribution in [3.05, 3.63) is 33.7 Å². The standard InChI is InChI=1S/C12H14N2OS3/c1-3-13-7-8-17-10(13)6-5-9-11(15)14(4-2)12(16)18-9/h5-8H,3-4H2,1-2H3/b9-5-,10-6+. The van der Waals surface area contributed by atoms with E-state index >= 15 is 0 Å². The van der Waals surface area contributed by atoms with Gasteiger partial charge in [-0.05, 0) is 31.4 Å². The van der Waals surface area contributed by atoms with Gasteiger partial charge in [0.2, 0.25) is 0 Å². The van der Waals surface area contributed by atoms with Gasteiger partial charge in [-0.15, -0.1) is 0 Å². The van der Waals surface area contributed by atoms with Crippen LogP contribution in [0, 0.1) is 0 Å². The first kappa shape index (κ1) is 13.7. The van der Waals surface area contributed by atoms with Crippen LogP contribution in [0.2, 0.25) is 0 Å². The van der Waals surface area contributed by atoms with Crippen LogP contribution in [0.1, 0.15) is 13.8 Å². The number of nitrogens with zero attached hydrogens (tertiary/aromatic N) is 2. The van der Waals surface area contributed by atoms with E-state index in [1.807, 2.05) is 30.7 Å². The molecule has 0 aliphatic carbocycles. The SMILES string of the molecule is CCN1C(=O)/C(=C/C=C2/SC=CN2CC)SC1=S. The zero-order valence-electron chi connectivity index (χ0n) is 10.3. The molecule has 0 aromatic rings. The summed E-state index contributed by atoms with van der Waals surface area (Å²) in [5, 5.41) is 3.18. The average Bonchev–Trinajstić information content (AvgIpc) is 2.91. The number of allylic oxidation sites excluding steroid dienone is 2. The van der Waals surface area contributed by atoms with Crippen LogP contribution in [0.4, 0.5) is 0 Å². The molecule has 0 atom stereocenters. The molecule has 0 radical (unpaired) electrons. The molecule has 0 N–H and O–H groups in total. The summed E-state index contributed by atoms with van der Waals surface area (Å²) in [5.74, 6) is 0.0170. The van der Waals surface area contributed by atoms with E-state index in [0.717, 1.165) is 11.6 Å². The Hall–Kier alpha value is -0.720. The van der Waals surface area contributed by atoms with Crippen LogP contribution in [0.5, 0.6) is 0 Å². The summed E-state index contributed by atoms with van der Waals surface area (Å²) in [5.41, 5.74) is 0. The van der Waals surface area contributed by atoms with Crippen LogP contribution >= 0.6 is 35.7 Å². The largest absolute Gasteiger partial charge is 0.342 e. The molecule has 3 nitrogen and oxygen atoms in total. The van der Waals surface area contributed by atoms with Crippen molar-refractivity contribution in [2.75, 3.05) is 13.1 Å². The second-order valence-corrected chi connectivity index (χ2v) is 6.24. The van der Waals surface area contributed by atoms with Crippen LogP contribution in [-0.4, -0.2) is 33.1 Å². The maximum absolute atomic E-state index is 12.0. The number of thioether (sulfide) groups is 2. The minimum atomic E-state index is 0.0170. The van der Waals surface area contributed by atoms with Gasteiger partial charge in [-0.1, -0.05) is 35.7 Å². The minimum Gasteiger partial charge on any atom is -0.342 e. The number of carbonyl (C=O) groups excluding carboxylic acids is 1. The first-order valence-electron chi connectivity index (χ1n) is 5.73. The van der Waals surface area contributed by atoms with Crippen molar-refractivity contribution in [1.82, 2.24) is 9.80 Å². The molecule has 0 aromatic heterocycles. The molecule has 1 saturated heterocycles. The quantitative estimate of drug-likeness (QED) is 0.588. The van der Waals surface area contributed by atoms with Gasteiger partial charge < -0.3 is 4.90 Å². The van der Waals surface area contributed by atoms with Gasteiger partial charge in [-0.3, -0.25) is 9.69 Å². The Bertz CT molecular complexity index is 468. The molecule has 96 valence electrons. The summed E-state index contributed by atoms with van der Waals surface area (Å²) in [6, 6.07) is 0. The third-order valence-corrected chi connectivity index (χ3v) is 4.89. The molecule has 6 heteroatoms. The molecule has 2 rings (SSSR count). The number of thiocarbonyl (C=S) groups is 1. The number of carbonyl (C=O) groups is 1. The third kappa shape index (κ3) is 2.65. The normalized spacial score (nSPS) is 24.1. The topological polar surface area (TPSA) is 23.6 Å². The van der Waals surface area contributed by atoms with Crippen LogP contribution in [-0.2, 0) is 4.79 Å². The molecule has 1 amide bonds. The molecular formula is C12H14N2OS3. The predicted octanol–water partition coefficient (Wildman–Crippen LogP) is 3.13. The Labute approximate surface area is 121 Å². The van der Waals surface area contributed by atoms with Crippen LogP contribution in [0.25, 0.3) is 0 Å². The van der Waals surface area contributed by atoms with E-state index in [-0.39, 0.29) is 5.91 Å². The molecule has 0 saturated carbocycles. The first-order chi connectivity index (χ1) is 8.67. The Balaban J connectivity index is 2.14. The fourth-order valence-corrected chi connectivity index (χ4v) is 3.79. The summed E-state index contributed by atoms with van der Waals surface area (Å²) >= 11 is 8.20. The molecule has 2 aliphatic heterocycles. The zero-order chi connectivity index (χ0) is 13.1. The van der Waals surface area contributed by atoms with Gasteiger partial charge in [0.25, 0.3) is 5.91 Å². The lowest BCUT2D eigenvalue weighted by atomic mass is 10.4. The smallest absolute Gasteiger partial charge is 0.266 e. The van der Waals surface area contributed by atoms with E-state index < -0.39 is 0 Å². The number of amides is 1. The highest BCUT2D eigenvalue weighted by molar-refractivity contribution is 8.26. The van der Waals surface area contributed by atoms with Gasteiger partial charge >= 0.3 is 0 Å². The van der Waals surface area contributed by atoms with Crippen molar-refractivity contribution in [3.63, 3.8) is 0 Å². The lowest BCUT2D eigenvalue weighted by Crippen LogP contribution is -2.27. The molecule has 0 unspecified atom stereocenters. The molecule has 1 fully saturated rings. The highest BCUT2D eigenvalue weighted by Crippen LogP contribution is 2.33. The van der Waals surface area contributed by atoms with Gasteiger partial charge in [0.15, 0.2) is 0 Å². The summed E-state index contributed by atoms with van der Waals surface area (Å²) < 4.78 is 0.650. The Morgan fingerprint density at radius 2 is 2.11 bits per heavy atom. The fraction of sp³-hybridized carbons (Fsp3) is 0.333. The Morgan fingerprint density at radius 1 is 1.33 bits per heavy atom. The number of hydrogen-bond donors (Lipinski definition) is 0. The Kier molecular flexibility index (Phi) is 4.53. The van der Waals surface area contributed by atoms with Gasteiger partial charge in [0.05, 0.1) is 9.93 Å². The third-order valence-electron chi connectivity index (χ3n) is 2.62. The van der Waals surface area contributed by atoms with Gasteiger partial charge in [0, 0.05) is 19.3 Å². The second kappa shape index (κ2) is 5.95. The van der Waals surface area contributed by atoms with Gasteiger partial charge in [-0.25, -0.2) is 0 Å². The first-order valence-corrected chi connectivity index (χ1v) is 7.83. The fourth-order valence-electron chi connectivity index (χ4n) is 1.64. The molecule has 2 heterocycles. The monoisotopic (exact) mass is 298 g/mol. The molecular weight excluding hydrogens is 284 g/mol. The lowest BCUT2D eigenvalue weighted by molar-refractivity contribution is -0.122. The molecule has 2 aliphatic rings. The van der Waals surface area contributed by atoms with Gasteiger partial charge in [-0.2, -0.15) is 0 Å². The molecule has 0 spiro atoms. The summed E-state index contributed by atoms with van der Waals surface area (Å²) in [6.45, 7) is 5.59. The van der Waals surface area contributed by atoms with E-state index in [9.17, 15) is 4.79 Å². The highest BCUT2D eigenvalue weighted by Gasteiger charge is 2.30. The minimum absolute atomic E-state index is 0.0170. The summed E-state index contributed by atoms with van der Waals surface area (Å²) in [7, 11) is 0. The van der Waals surface area contributed by atoms with Crippen molar-refractivity contribution >= 4 is 46.0 Å². The van der Waals surface area contributed by atoms with Crippen molar-refractivity contribution in [2.24, 2.45) is 0 Å². The van der Waals surface area contributed by atoms with E-state index in [1.165, 1.54) is 11.8 Å². The highest BCUT2D eigenvalue weighted by atomic mass is 32.2. The van der Waals surface area contributed by atoms with E-state index in [0.29, 0.717) is 15.8 Å². The molecule has 0 bridgehead atoms. The summed E-state index contributed by atoms with van der Waals surface area (Å²) in [4.78, 5) is 16.5. The van der Waals surface area contributed by atoms with Crippen LogP contribution in [0.15, 0.2) is 33.7 Å². The lowest BCUT2D eigenvalue weighted by Gasteiger charge is -2.13. The van der Waals surface area contributed by atoms with Crippen LogP contribution in [0.3, 0.4) is 0 Å². The van der Waals surface area contributed by atoms with Crippen molar-refractivity contribution in [1.29, 1.82) is 0 Å². The predicted molar refractivity (Wildman–Crippen MR) is 82.9 cm³/mol. The van der Waals surface area contributed by atoms with Crippen molar-refractivity contribution in [3.8, 4) is 0 Å². The Morgan fingerprint density at radius 3 is 2.72 bits per heavy atom. The molecule has 0 aromatic carbocycles. The number of rotatable bonds is 3. The van der Waals surface area contributed by atoms with Crippen LogP contribution < -0.4 is 0 Å². The van der Waals surface area contributed by atoms with Crippen molar-refractivity contribution < 1.29 is 4.79 Å². The van der Waals surface area contributed by atoms with E-state index in [1.54, 1.807) is 16.7 Å². The maximum atomic E-state index is 12.0. The summed E-state index contributed by atoms with van der Waals surface area (Å²) in [6.07, 6.45) is 5.89. The second-order valence-electron chi connectivity index (χ2n) is 3.64. The number of hydrogen-bond acceptors (Lipinski definition) is 5. The molecule has 18 heavy (non-hydrogen) atoms. The number of likely N-dealkylation sites (N-methyl/N-ethyl adjacent to an activating group) is 1.